The van der Waals surface area contributed by atoms with Gasteiger partial charge in [-0.3, -0.25) is 0 Å². The standard InChI is InChI=1S/C9H4ClO3/c10-8-5-3-4-13-9(12)6(5)1-2-7(8)11/h1-3,11H. The molecule has 1 N–H and O–H groups in total. The van der Waals surface area contributed by atoms with Crippen molar-refractivity contribution in [2.45, 2.75) is 0 Å². The van der Waals surface area contributed by atoms with Crippen LogP contribution < -0.4 is 5.63 Å². The van der Waals surface area contributed by atoms with Crippen molar-refractivity contribution in [1.29, 1.82) is 0 Å². The summed E-state index contributed by atoms with van der Waals surface area (Å²) < 4.78 is 4.51. The molecular weight excluding hydrogens is 192 g/mol. The zero-order chi connectivity index (χ0) is 9.42. The highest BCUT2D eigenvalue weighted by Crippen LogP contribution is 2.29. The normalized spacial score (nSPS) is 10.5. The average Bonchev–Trinajstić information content (AvgIpc) is 2.12. The molecule has 1 aromatic carbocycles. The second-order valence-corrected chi connectivity index (χ2v) is 2.89. The second-order valence-electron chi connectivity index (χ2n) is 2.51. The fourth-order valence-corrected chi connectivity index (χ4v) is 1.32. The van der Waals surface area contributed by atoms with Gasteiger partial charge in [0.2, 0.25) is 0 Å². The molecule has 4 heteroatoms. The molecule has 0 aliphatic heterocycles. The number of fused-ring (bicyclic) bond motifs is 1. The molecule has 1 heterocycles. The first kappa shape index (κ1) is 8.13. The van der Waals surface area contributed by atoms with E-state index in [9.17, 15) is 9.90 Å². The summed E-state index contributed by atoms with van der Waals surface area (Å²) in [4.78, 5) is 11.1. The van der Waals surface area contributed by atoms with E-state index < -0.39 is 5.63 Å². The number of halogens is 1. The van der Waals surface area contributed by atoms with Crippen LogP contribution in [0, 0.1) is 6.26 Å². The summed E-state index contributed by atoms with van der Waals surface area (Å²) in [5.74, 6) is -0.0619. The number of aromatic hydroxyl groups is 1. The third-order valence-electron chi connectivity index (χ3n) is 1.73. The molecule has 2 aromatic rings. The molecule has 0 spiro atoms. The zero-order valence-electron chi connectivity index (χ0n) is 6.37. The Morgan fingerprint density at radius 1 is 1.38 bits per heavy atom. The topological polar surface area (TPSA) is 50.4 Å². The van der Waals surface area contributed by atoms with E-state index in [2.05, 4.69) is 10.7 Å². The van der Waals surface area contributed by atoms with Gasteiger partial charge < -0.3 is 9.52 Å². The summed E-state index contributed by atoms with van der Waals surface area (Å²) in [6, 6.07) is 4.22. The molecule has 13 heavy (non-hydrogen) atoms. The molecule has 1 radical (unpaired) electrons. The molecule has 0 fully saturated rings. The van der Waals surface area contributed by atoms with Crippen LogP contribution in [0.15, 0.2) is 27.4 Å². The first-order chi connectivity index (χ1) is 6.20. The van der Waals surface area contributed by atoms with Crippen molar-refractivity contribution in [3.05, 3.63) is 39.9 Å². The van der Waals surface area contributed by atoms with Crippen LogP contribution in [-0.4, -0.2) is 5.11 Å². The van der Waals surface area contributed by atoms with Gasteiger partial charge in [0.25, 0.3) is 0 Å². The van der Waals surface area contributed by atoms with E-state index >= 15 is 0 Å². The summed E-state index contributed by atoms with van der Waals surface area (Å²) in [6.45, 7) is 0. The molecular formula is C9H4ClO3. The van der Waals surface area contributed by atoms with E-state index in [1.54, 1.807) is 0 Å². The molecule has 3 nitrogen and oxygen atoms in total. The van der Waals surface area contributed by atoms with E-state index in [-0.39, 0.29) is 10.8 Å². The molecule has 0 bridgehead atoms. The maximum absolute atomic E-state index is 11.1. The summed E-state index contributed by atoms with van der Waals surface area (Å²) in [6.07, 6.45) is 2.29. The van der Waals surface area contributed by atoms with Crippen molar-refractivity contribution in [3.8, 4) is 5.75 Å². The minimum absolute atomic E-state index is 0.0619. The molecule has 0 saturated heterocycles. The van der Waals surface area contributed by atoms with E-state index in [0.717, 1.165) is 0 Å². The van der Waals surface area contributed by atoms with Crippen molar-refractivity contribution in [1.82, 2.24) is 0 Å². The molecule has 0 atom stereocenters. The second kappa shape index (κ2) is 2.78. The summed E-state index contributed by atoms with van der Waals surface area (Å²) in [5.41, 5.74) is -0.514. The third-order valence-corrected chi connectivity index (χ3v) is 2.13. The molecule has 0 saturated carbocycles. The van der Waals surface area contributed by atoms with Crippen LogP contribution in [0.25, 0.3) is 10.8 Å². The summed E-state index contributed by atoms with van der Waals surface area (Å²) >= 11 is 5.75. The Kier molecular flexibility index (Phi) is 1.74. The lowest BCUT2D eigenvalue weighted by atomic mass is 10.2. The fraction of sp³-hybridized carbons (Fsp3) is 0. The van der Waals surface area contributed by atoms with Crippen molar-refractivity contribution >= 4 is 22.4 Å². The van der Waals surface area contributed by atoms with Gasteiger partial charge in [-0.2, -0.15) is 0 Å². The average molecular weight is 196 g/mol. The first-order valence-electron chi connectivity index (χ1n) is 3.51. The number of phenols is 1. The molecule has 0 unspecified atom stereocenters. The van der Waals surface area contributed by atoms with Gasteiger partial charge >= 0.3 is 5.63 Å². The predicted octanol–water partition coefficient (Wildman–Crippen LogP) is 1.95. The van der Waals surface area contributed by atoms with E-state index in [1.807, 2.05) is 0 Å². The maximum Gasteiger partial charge on any atom is 0.344 e. The Morgan fingerprint density at radius 3 is 2.92 bits per heavy atom. The maximum atomic E-state index is 11.1. The van der Waals surface area contributed by atoms with E-state index in [4.69, 9.17) is 11.6 Å². The van der Waals surface area contributed by atoms with Crippen molar-refractivity contribution < 1.29 is 9.52 Å². The number of hydrogen-bond acceptors (Lipinski definition) is 3. The summed E-state index contributed by atoms with van der Waals surface area (Å²) in [5, 5.41) is 10.1. The number of hydrogen-bond donors (Lipinski definition) is 1. The Hall–Kier alpha value is -1.48. The number of rotatable bonds is 0. The predicted molar refractivity (Wildman–Crippen MR) is 48.0 cm³/mol. The van der Waals surface area contributed by atoms with Crippen LogP contribution in [0.4, 0.5) is 0 Å². The molecule has 0 aliphatic carbocycles. The Labute approximate surface area is 78.2 Å². The van der Waals surface area contributed by atoms with Gasteiger partial charge in [-0.15, -0.1) is 0 Å². The fourth-order valence-electron chi connectivity index (χ4n) is 1.10. The number of benzene rings is 1. The smallest absolute Gasteiger partial charge is 0.344 e. The minimum Gasteiger partial charge on any atom is -0.506 e. The molecule has 0 aliphatic rings. The lowest BCUT2D eigenvalue weighted by molar-refractivity contribution is 0.476. The lowest BCUT2D eigenvalue weighted by Crippen LogP contribution is -1.97. The van der Waals surface area contributed by atoms with Gasteiger partial charge in [0.15, 0.2) is 6.26 Å². The van der Waals surface area contributed by atoms with Crippen LogP contribution in [0.5, 0.6) is 5.75 Å². The van der Waals surface area contributed by atoms with E-state index in [0.29, 0.717) is 10.8 Å². The Morgan fingerprint density at radius 2 is 2.15 bits per heavy atom. The van der Waals surface area contributed by atoms with Gasteiger partial charge in [-0.1, -0.05) is 11.6 Å². The highest BCUT2D eigenvalue weighted by molar-refractivity contribution is 6.36. The van der Waals surface area contributed by atoms with Crippen molar-refractivity contribution in [2.24, 2.45) is 0 Å². The molecule has 65 valence electrons. The highest BCUT2D eigenvalue weighted by atomic mass is 35.5. The lowest BCUT2D eigenvalue weighted by Gasteiger charge is -1.99. The van der Waals surface area contributed by atoms with Gasteiger partial charge in [-0.25, -0.2) is 4.79 Å². The molecule has 2 rings (SSSR count). The monoisotopic (exact) mass is 195 g/mol. The SMILES string of the molecule is O=c1o[c]cc2c(Cl)c(O)ccc12. The first-order valence-corrected chi connectivity index (χ1v) is 3.89. The minimum atomic E-state index is -0.514. The summed E-state index contributed by atoms with van der Waals surface area (Å²) in [7, 11) is 0. The quantitative estimate of drug-likeness (QED) is 0.699. The molecule has 1 aromatic heterocycles. The van der Waals surface area contributed by atoms with Crippen LogP contribution in [0.1, 0.15) is 0 Å². The van der Waals surface area contributed by atoms with Crippen LogP contribution in [0.3, 0.4) is 0 Å². The Balaban J connectivity index is 3.03. The van der Waals surface area contributed by atoms with Gasteiger partial charge in [0, 0.05) is 5.39 Å². The number of phenolic OH excluding ortho intramolecular Hbond substituents is 1. The third kappa shape index (κ3) is 1.17. The van der Waals surface area contributed by atoms with Crippen LogP contribution in [0.2, 0.25) is 5.02 Å². The molecule has 0 amide bonds. The van der Waals surface area contributed by atoms with Crippen molar-refractivity contribution in [2.75, 3.05) is 0 Å². The van der Waals surface area contributed by atoms with E-state index in [1.165, 1.54) is 18.2 Å². The van der Waals surface area contributed by atoms with Gasteiger partial charge in [0.05, 0.1) is 10.4 Å². The van der Waals surface area contributed by atoms with Gasteiger partial charge in [0.1, 0.15) is 5.75 Å². The largest absolute Gasteiger partial charge is 0.506 e. The zero-order valence-corrected chi connectivity index (χ0v) is 7.13. The highest BCUT2D eigenvalue weighted by Gasteiger charge is 2.06. The van der Waals surface area contributed by atoms with Crippen LogP contribution >= 0.6 is 11.6 Å². The Bertz CT molecular complexity index is 516. The van der Waals surface area contributed by atoms with Crippen LogP contribution in [-0.2, 0) is 0 Å². The van der Waals surface area contributed by atoms with Crippen molar-refractivity contribution in [3.63, 3.8) is 0 Å². The van der Waals surface area contributed by atoms with Gasteiger partial charge in [-0.05, 0) is 18.2 Å².